The lowest BCUT2D eigenvalue weighted by Crippen LogP contribution is -2.45. The van der Waals surface area contributed by atoms with Gasteiger partial charge in [0.25, 0.3) is 5.91 Å². The third-order valence-electron chi connectivity index (χ3n) is 4.40. The Balaban J connectivity index is 1.65. The second-order valence-electron chi connectivity index (χ2n) is 6.68. The number of nitrogens with one attached hydrogen (secondary N) is 1. The molecule has 0 saturated heterocycles. The number of rotatable bonds is 4. The normalized spacial score (nSPS) is 17.3. The second kappa shape index (κ2) is 8.20. The molecule has 2 aliphatic heterocycles. The van der Waals surface area contributed by atoms with Crippen LogP contribution < -0.4 is 0 Å². The summed E-state index contributed by atoms with van der Waals surface area (Å²) in [6.07, 6.45) is 2.28. The fourth-order valence-electron chi connectivity index (χ4n) is 2.98. The van der Waals surface area contributed by atoms with Crippen LogP contribution in [0.15, 0.2) is 55.8 Å². The molecule has 0 aliphatic carbocycles. The number of amides is 1. The summed E-state index contributed by atoms with van der Waals surface area (Å²) in [5.41, 5.74) is 0.840. The van der Waals surface area contributed by atoms with Gasteiger partial charge in [-0.1, -0.05) is 12.1 Å². The minimum absolute atomic E-state index is 0.00786. The third-order valence-corrected chi connectivity index (χ3v) is 6.15. The topological polar surface area (TPSA) is 142 Å². The number of ether oxygens (including phenoxy) is 1. The molecule has 3 heterocycles. The molecule has 0 spiro atoms. The molecule has 1 N–H and O–H groups in total. The predicted molar refractivity (Wildman–Crippen MR) is 120 cm³/mol. The van der Waals surface area contributed by atoms with E-state index in [4.69, 9.17) is 14.6 Å². The highest BCUT2D eigenvalue weighted by atomic mass is 32.2. The molecule has 164 valence electrons. The van der Waals surface area contributed by atoms with Crippen molar-refractivity contribution < 1.29 is 27.2 Å². The SMILES string of the molecule is CCOC(=O)c1cccc(-c2ccc(/C=C3/C(=N)N4C(=NC3=O)SN=C4S(C)(=O)=O)o2)c1. The Kier molecular flexibility index (Phi) is 5.57. The zero-order valence-electron chi connectivity index (χ0n) is 16.9. The summed E-state index contributed by atoms with van der Waals surface area (Å²) in [7, 11) is -3.73. The molecule has 0 saturated carbocycles. The Morgan fingerprint density at radius 2 is 2.09 bits per heavy atom. The van der Waals surface area contributed by atoms with Crippen LogP contribution in [0.25, 0.3) is 17.4 Å². The second-order valence-corrected chi connectivity index (χ2v) is 9.32. The highest BCUT2D eigenvalue weighted by Crippen LogP contribution is 2.30. The maximum absolute atomic E-state index is 12.4. The maximum atomic E-state index is 12.4. The minimum Gasteiger partial charge on any atom is -0.462 e. The molecule has 1 aromatic heterocycles. The van der Waals surface area contributed by atoms with Crippen molar-refractivity contribution in [1.82, 2.24) is 4.90 Å². The molecule has 2 aromatic rings. The molecule has 32 heavy (non-hydrogen) atoms. The van der Waals surface area contributed by atoms with Crippen molar-refractivity contribution in [3.63, 3.8) is 0 Å². The van der Waals surface area contributed by atoms with Crippen molar-refractivity contribution in [2.75, 3.05) is 12.9 Å². The van der Waals surface area contributed by atoms with Crippen molar-refractivity contribution in [3.8, 4) is 11.3 Å². The number of hydrogen-bond donors (Lipinski definition) is 1. The van der Waals surface area contributed by atoms with E-state index in [0.717, 1.165) is 23.1 Å². The number of furan rings is 1. The van der Waals surface area contributed by atoms with Crippen molar-refractivity contribution in [1.29, 1.82) is 5.41 Å². The molecule has 12 heteroatoms. The molecule has 0 fully saturated rings. The van der Waals surface area contributed by atoms with Gasteiger partial charge in [-0.15, -0.1) is 0 Å². The Bertz CT molecular complexity index is 1350. The molecule has 4 rings (SSSR count). The lowest BCUT2D eigenvalue weighted by Gasteiger charge is -2.23. The van der Waals surface area contributed by atoms with Gasteiger partial charge < -0.3 is 9.15 Å². The van der Waals surface area contributed by atoms with Crippen molar-refractivity contribution in [2.24, 2.45) is 9.39 Å². The molecule has 1 amide bonds. The summed E-state index contributed by atoms with van der Waals surface area (Å²) in [6, 6.07) is 9.92. The van der Waals surface area contributed by atoms with E-state index in [1.807, 2.05) is 0 Å². The van der Waals surface area contributed by atoms with E-state index in [-0.39, 0.29) is 34.1 Å². The Hall–Kier alpha value is -3.51. The summed E-state index contributed by atoms with van der Waals surface area (Å²) in [6.45, 7) is 1.98. The van der Waals surface area contributed by atoms with Crippen molar-refractivity contribution in [3.05, 3.63) is 53.3 Å². The van der Waals surface area contributed by atoms with Crippen LogP contribution in [0, 0.1) is 5.41 Å². The molecular formula is C20H16N4O6S2. The number of nitrogens with zero attached hydrogens (tertiary/aromatic N) is 3. The summed E-state index contributed by atoms with van der Waals surface area (Å²) in [5.74, 6) is -0.850. The number of carbonyl (C=O) groups is 2. The van der Waals surface area contributed by atoms with E-state index in [0.29, 0.717) is 16.9 Å². The van der Waals surface area contributed by atoms with Crippen molar-refractivity contribution in [2.45, 2.75) is 6.92 Å². The van der Waals surface area contributed by atoms with Crippen LogP contribution in [0.5, 0.6) is 0 Å². The van der Waals surface area contributed by atoms with Gasteiger partial charge in [0.2, 0.25) is 20.2 Å². The lowest BCUT2D eigenvalue weighted by molar-refractivity contribution is -0.114. The highest BCUT2D eigenvalue weighted by Gasteiger charge is 2.41. The number of fused-ring (bicyclic) bond motifs is 1. The molecule has 0 bridgehead atoms. The van der Waals surface area contributed by atoms with Crippen LogP contribution in [0.3, 0.4) is 0 Å². The van der Waals surface area contributed by atoms with E-state index < -0.39 is 21.7 Å². The van der Waals surface area contributed by atoms with Crippen molar-refractivity contribution >= 4 is 55.9 Å². The van der Waals surface area contributed by atoms with Gasteiger partial charge in [0.1, 0.15) is 17.4 Å². The van der Waals surface area contributed by atoms with E-state index in [1.54, 1.807) is 43.3 Å². The quantitative estimate of drug-likeness (QED) is 0.407. The van der Waals surface area contributed by atoms with Gasteiger partial charge in [-0.2, -0.15) is 9.39 Å². The lowest BCUT2D eigenvalue weighted by atomic mass is 10.1. The van der Waals surface area contributed by atoms with Crippen LogP contribution in [-0.4, -0.2) is 54.2 Å². The number of carbonyl (C=O) groups excluding carboxylic acids is 2. The largest absolute Gasteiger partial charge is 0.462 e. The molecule has 0 unspecified atom stereocenters. The number of sulfone groups is 1. The van der Waals surface area contributed by atoms with E-state index >= 15 is 0 Å². The van der Waals surface area contributed by atoms with Crippen LogP contribution in [0.1, 0.15) is 23.0 Å². The third kappa shape index (κ3) is 4.01. The Morgan fingerprint density at radius 3 is 2.81 bits per heavy atom. The van der Waals surface area contributed by atoms with Gasteiger partial charge in [-0.25, -0.2) is 18.1 Å². The molecule has 0 radical (unpaired) electrons. The van der Waals surface area contributed by atoms with Crippen LogP contribution in [0.4, 0.5) is 0 Å². The number of hydrogen-bond acceptors (Lipinski definition) is 9. The van der Waals surface area contributed by atoms with Crippen LogP contribution >= 0.6 is 11.9 Å². The van der Waals surface area contributed by atoms with Crippen LogP contribution in [-0.2, 0) is 19.4 Å². The minimum atomic E-state index is -3.73. The predicted octanol–water partition coefficient (Wildman–Crippen LogP) is 2.74. The smallest absolute Gasteiger partial charge is 0.338 e. The first-order valence-electron chi connectivity index (χ1n) is 9.25. The van der Waals surface area contributed by atoms with Gasteiger partial charge in [-0.05, 0) is 37.3 Å². The van der Waals surface area contributed by atoms with Crippen LogP contribution in [0.2, 0.25) is 0 Å². The fraction of sp³-hybridized carbons (Fsp3) is 0.150. The van der Waals surface area contributed by atoms with E-state index in [1.165, 1.54) is 6.08 Å². The van der Waals surface area contributed by atoms with Gasteiger partial charge in [-0.3, -0.25) is 10.2 Å². The number of esters is 1. The fourth-order valence-corrected chi connectivity index (χ4v) is 4.82. The van der Waals surface area contributed by atoms with Gasteiger partial charge >= 0.3 is 5.97 Å². The Labute approximate surface area is 187 Å². The zero-order valence-corrected chi connectivity index (χ0v) is 18.5. The van der Waals surface area contributed by atoms with E-state index in [2.05, 4.69) is 9.39 Å². The average Bonchev–Trinajstić information content (AvgIpc) is 3.38. The molecule has 1 aromatic carbocycles. The molecule has 2 aliphatic rings. The zero-order chi connectivity index (χ0) is 23.0. The number of benzene rings is 1. The highest BCUT2D eigenvalue weighted by molar-refractivity contribution is 8.16. The first kappa shape index (κ1) is 21.7. The van der Waals surface area contributed by atoms with Gasteiger partial charge in [0.15, 0.2) is 0 Å². The average molecular weight is 473 g/mol. The summed E-state index contributed by atoms with van der Waals surface area (Å²) < 4.78 is 38.5. The molecule has 0 atom stereocenters. The van der Waals surface area contributed by atoms with E-state index in [9.17, 15) is 18.0 Å². The van der Waals surface area contributed by atoms with Gasteiger partial charge in [0, 0.05) is 11.8 Å². The number of amidine groups is 3. The summed E-state index contributed by atoms with van der Waals surface area (Å²) in [5, 5.41) is 8.00. The number of aliphatic imine (C=N–C) groups is 1. The monoisotopic (exact) mass is 472 g/mol. The Morgan fingerprint density at radius 1 is 1.31 bits per heavy atom. The summed E-state index contributed by atoms with van der Waals surface area (Å²) in [4.78, 5) is 29.2. The standard InChI is InChI=1S/C20H16N4O6S2/c1-3-29-18(26)12-6-4-5-11(9-12)15-8-7-13(30-15)10-14-16(21)24-19(22-17(14)25)31-23-20(24)32(2,27)28/h4-10,21H,3H2,1-2H3/b14-10-,21-16?. The first-order chi connectivity index (χ1) is 15.2. The first-order valence-corrected chi connectivity index (χ1v) is 11.9. The van der Waals surface area contributed by atoms with Gasteiger partial charge in [0.05, 0.1) is 29.7 Å². The molecular weight excluding hydrogens is 456 g/mol. The maximum Gasteiger partial charge on any atom is 0.338 e. The molecule has 10 nitrogen and oxygen atoms in total. The summed E-state index contributed by atoms with van der Waals surface area (Å²) >= 11 is 0.720.